The number of aliphatic hydroxyl groups is 5. The third-order valence-electron chi connectivity index (χ3n) is 7.10. The van der Waals surface area contributed by atoms with Crippen LogP contribution < -0.4 is 0 Å². The molecule has 8 heteroatoms. The van der Waals surface area contributed by atoms with E-state index in [-0.39, 0.29) is 17.1 Å². The Balaban J connectivity index is 1.74. The molecule has 8 nitrogen and oxygen atoms in total. The Labute approximate surface area is 170 Å². The van der Waals surface area contributed by atoms with E-state index in [4.69, 9.17) is 9.47 Å². The van der Waals surface area contributed by atoms with E-state index in [0.717, 1.165) is 5.57 Å². The Morgan fingerprint density at radius 2 is 1.97 bits per heavy atom. The number of carbonyl (C=O) groups is 1. The van der Waals surface area contributed by atoms with Crippen molar-refractivity contribution in [3.05, 3.63) is 23.5 Å². The first-order valence-corrected chi connectivity index (χ1v) is 10.2. The highest BCUT2D eigenvalue weighted by Gasteiger charge is 2.48. The van der Waals surface area contributed by atoms with Crippen molar-refractivity contribution in [2.24, 2.45) is 17.3 Å². The molecule has 0 aromatic carbocycles. The van der Waals surface area contributed by atoms with Gasteiger partial charge in [0.15, 0.2) is 5.78 Å². The van der Waals surface area contributed by atoms with Crippen LogP contribution in [0.15, 0.2) is 23.5 Å². The lowest BCUT2D eigenvalue weighted by atomic mass is 9.57. The van der Waals surface area contributed by atoms with Crippen LogP contribution in [0.1, 0.15) is 40.0 Å². The number of rotatable bonds is 4. The number of hydrogen-bond acceptors (Lipinski definition) is 8. The van der Waals surface area contributed by atoms with Gasteiger partial charge in [-0.25, -0.2) is 0 Å². The van der Waals surface area contributed by atoms with Crippen molar-refractivity contribution in [3.8, 4) is 0 Å². The second kappa shape index (κ2) is 8.45. The van der Waals surface area contributed by atoms with E-state index in [1.54, 1.807) is 13.0 Å². The highest BCUT2D eigenvalue weighted by atomic mass is 16.7. The van der Waals surface area contributed by atoms with Crippen LogP contribution in [0, 0.1) is 17.3 Å². The summed E-state index contributed by atoms with van der Waals surface area (Å²) in [6.45, 7) is 5.30. The maximum Gasteiger partial charge on any atom is 0.228 e. The largest absolute Gasteiger partial charge is 0.470 e. The van der Waals surface area contributed by atoms with Crippen LogP contribution in [0.3, 0.4) is 0 Å². The van der Waals surface area contributed by atoms with Gasteiger partial charge in [0.2, 0.25) is 6.29 Å². The standard InChI is InChI=1S/C21H32O8/c1-10(9-28-20-19(27)18(26)17(25)16(8-22)29-20)13-7-21(3)11(2)14(23)5-4-12(21)6-15(13)24/h6,9,11,13-14,16-20,22-23,25-27H,4-5,7-8H2,1-3H3/b10-9+/t11-,13-,14-,16+,17+,18-,19+,20+,21+/m0/s1. The minimum absolute atomic E-state index is 0.0211. The molecule has 1 saturated carbocycles. The molecule has 0 aromatic rings. The third-order valence-corrected chi connectivity index (χ3v) is 7.10. The summed E-state index contributed by atoms with van der Waals surface area (Å²) in [5.41, 5.74) is 1.43. The minimum atomic E-state index is -1.52. The zero-order valence-corrected chi connectivity index (χ0v) is 17.1. The monoisotopic (exact) mass is 412 g/mol. The third kappa shape index (κ3) is 4.02. The van der Waals surface area contributed by atoms with E-state index in [1.807, 2.05) is 6.92 Å². The van der Waals surface area contributed by atoms with E-state index in [0.29, 0.717) is 24.8 Å². The number of ether oxygens (including phenoxy) is 2. The van der Waals surface area contributed by atoms with Gasteiger partial charge >= 0.3 is 0 Å². The SMILES string of the molecule is C/C(=C\O[C@@H]1O[C@H](CO)[C@@H](O)[C@H](O)[C@H]1O)[C@@H]1C[C@@]2(C)C(=CC1=O)CC[C@H](O)[C@@H]2C. The van der Waals surface area contributed by atoms with Crippen LogP contribution in [0.5, 0.6) is 0 Å². The molecule has 5 N–H and O–H groups in total. The molecule has 9 atom stereocenters. The summed E-state index contributed by atoms with van der Waals surface area (Å²) in [5.74, 6) is -0.425. The fourth-order valence-electron chi connectivity index (χ4n) is 4.73. The summed E-state index contributed by atoms with van der Waals surface area (Å²) < 4.78 is 10.8. The lowest BCUT2D eigenvalue weighted by Crippen LogP contribution is -2.58. The van der Waals surface area contributed by atoms with Crippen molar-refractivity contribution in [1.82, 2.24) is 0 Å². The van der Waals surface area contributed by atoms with Crippen molar-refractivity contribution in [1.29, 1.82) is 0 Å². The molecule has 29 heavy (non-hydrogen) atoms. The molecule has 1 saturated heterocycles. The van der Waals surface area contributed by atoms with Gasteiger partial charge in [-0.3, -0.25) is 4.79 Å². The molecule has 0 aromatic heterocycles. The number of hydrogen-bond donors (Lipinski definition) is 5. The van der Waals surface area contributed by atoms with Gasteiger partial charge in [0.1, 0.15) is 24.4 Å². The Morgan fingerprint density at radius 3 is 2.62 bits per heavy atom. The summed E-state index contributed by atoms with van der Waals surface area (Å²) in [6, 6.07) is 0. The van der Waals surface area contributed by atoms with Crippen molar-refractivity contribution in [2.75, 3.05) is 6.61 Å². The molecule has 0 radical (unpaired) electrons. The van der Waals surface area contributed by atoms with Gasteiger partial charge in [-0.2, -0.15) is 0 Å². The Bertz CT molecular complexity index is 686. The minimum Gasteiger partial charge on any atom is -0.470 e. The molecular formula is C21H32O8. The maximum atomic E-state index is 12.7. The van der Waals surface area contributed by atoms with Gasteiger partial charge in [-0.15, -0.1) is 0 Å². The molecule has 2 aliphatic carbocycles. The van der Waals surface area contributed by atoms with Crippen LogP contribution in [-0.2, 0) is 14.3 Å². The highest BCUT2D eigenvalue weighted by Crippen LogP contribution is 2.52. The van der Waals surface area contributed by atoms with Crippen molar-refractivity contribution < 1.29 is 39.8 Å². The number of aliphatic hydroxyl groups excluding tert-OH is 5. The molecule has 1 heterocycles. The predicted molar refractivity (Wildman–Crippen MR) is 102 cm³/mol. The van der Waals surface area contributed by atoms with Gasteiger partial charge in [0.05, 0.1) is 19.0 Å². The average Bonchev–Trinajstić information content (AvgIpc) is 2.70. The van der Waals surface area contributed by atoms with E-state index in [1.165, 1.54) is 6.26 Å². The van der Waals surface area contributed by atoms with E-state index >= 15 is 0 Å². The lowest BCUT2D eigenvalue weighted by Gasteiger charge is -2.48. The average molecular weight is 412 g/mol. The van der Waals surface area contributed by atoms with E-state index in [2.05, 4.69) is 6.92 Å². The molecule has 1 aliphatic heterocycles. The van der Waals surface area contributed by atoms with E-state index < -0.39 is 49.3 Å². The zero-order valence-electron chi connectivity index (χ0n) is 17.1. The van der Waals surface area contributed by atoms with Crippen LogP contribution in [-0.4, -0.2) is 74.7 Å². The smallest absolute Gasteiger partial charge is 0.228 e. The molecule has 0 amide bonds. The van der Waals surface area contributed by atoms with Crippen LogP contribution >= 0.6 is 0 Å². The van der Waals surface area contributed by atoms with Gasteiger partial charge < -0.3 is 35.0 Å². The van der Waals surface area contributed by atoms with Gasteiger partial charge in [0, 0.05) is 5.92 Å². The van der Waals surface area contributed by atoms with Gasteiger partial charge in [0.25, 0.3) is 0 Å². The second-order valence-corrected chi connectivity index (χ2v) is 8.84. The van der Waals surface area contributed by atoms with Gasteiger partial charge in [-0.1, -0.05) is 19.4 Å². The number of ketones is 1. The fourth-order valence-corrected chi connectivity index (χ4v) is 4.73. The summed E-state index contributed by atoms with van der Waals surface area (Å²) in [4.78, 5) is 12.7. The summed E-state index contributed by atoms with van der Waals surface area (Å²) in [6.07, 6.45) is -2.27. The molecule has 164 valence electrons. The first-order valence-electron chi connectivity index (χ1n) is 10.2. The predicted octanol–water partition coefficient (Wildman–Crippen LogP) is 0.0192. The number of allylic oxidation sites excluding steroid dienone is 3. The Hall–Kier alpha value is -1.29. The summed E-state index contributed by atoms with van der Waals surface area (Å²) in [5, 5.41) is 49.4. The topological polar surface area (TPSA) is 137 Å². The molecule has 0 spiro atoms. The van der Waals surface area contributed by atoms with Crippen molar-refractivity contribution >= 4 is 5.78 Å². The normalized spacial score (nSPS) is 46.1. The second-order valence-electron chi connectivity index (χ2n) is 8.84. The molecule has 3 aliphatic rings. The Morgan fingerprint density at radius 1 is 1.28 bits per heavy atom. The lowest BCUT2D eigenvalue weighted by molar-refractivity contribution is -0.288. The van der Waals surface area contributed by atoms with Crippen LogP contribution in [0.4, 0.5) is 0 Å². The van der Waals surface area contributed by atoms with Crippen LogP contribution in [0.25, 0.3) is 0 Å². The molecule has 2 fully saturated rings. The molecular weight excluding hydrogens is 380 g/mol. The van der Waals surface area contributed by atoms with Gasteiger partial charge in [-0.05, 0) is 49.2 Å². The van der Waals surface area contributed by atoms with Crippen LogP contribution in [0.2, 0.25) is 0 Å². The summed E-state index contributed by atoms with van der Waals surface area (Å²) in [7, 11) is 0. The fraction of sp³-hybridized carbons (Fsp3) is 0.762. The number of fused-ring (bicyclic) bond motifs is 1. The maximum absolute atomic E-state index is 12.7. The quantitative estimate of drug-likeness (QED) is 0.408. The number of carbonyl (C=O) groups excluding carboxylic acids is 1. The van der Waals surface area contributed by atoms with E-state index in [9.17, 15) is 30.3 Å². The molecule has 0 bridgehead atoms. The highest BCUT2D eigenvalue weighted by molar-refractivity contribution is 5.95. The first-order chi connectivity index (χ1) is 13.6. The Kier molecular flexibility index (Phi) is 6.53. The zero-order chi connectivity index (χ0) is 21.5. The molecule has 0 unspecified atom stereocenters. The molecule has 3 rings (SSSR count). The van der Waals surface area contributed by atoms with Crippen molar-refractivity contribution in [3.63, 3.8) is 0 Å². The first kappa shape index (κ1) is 22.4. The summed E-state index contributed by atoms with van der Waals surface area (Å²) >= 11 is 0. The van der Waals surface area contributed by atoms with Crippen molar-refractivity contribution in [2.45, 2.75) is 76.8 Å².